The van der Waals surface area contributed by atoms with Gasteiger partial charge in [-0.15, -0.1) is 19.0 Å². The van der Waals surface area contributed by atoms with E-state index < -0.39 is 11.6 Å². The van der Waals surface area contributed by atoms with Crippen LogP contribution < -0.4 is 5.32 Å². The van der Waals surface area contributed by atoms with Crippen molar-refractivity contribution in [2.45, 2.75) is 12.5 Å². The van der Waals surface area contributed by atoms with Gasteiger partial charge in [0, 0.05) is 37.8 Å². The summed E-state index contributed by atoms with van der Waals surface area (Å²) in [6, 6.07) is 3.77. The molecule has 0 unspecified atom stereocenters. The molecular weight excluding hydrogens is 270 g/mol. The number of nitrogens with one attached hydrogen (secondary N) is 1. The van der Waals surface area contributed by atoms with Crippen molar-refractivity contribution >= 4 is 12.4 Å². The van der Waals surface area contributed by atoms with E-state index in [9.17, 15) is 8.78 Å². The Bertz CT molecular complexity index is 400. The molecule has 1 saturated heterocycles. The zero-order valence-electron chi connectivity index (χ0n) is 10.7. The van der Waals surface area contributed by atoms with Crippen LogP contribution >= 0.6 is 12.4 Å². The van der Waals surface area contributed by atoms with Crippen LogP contribution in [0.4, 0.5) is 8.78 Å². The molecule has 1 aromatic carbocycles. The molecule has 106 valence electrons. The normalized spacial score (nSPS) is 17.6. The largest absolute Gasteiger partial charge is 0.314 e. The summed E-state index contributed by atoms with van der Waals surface area (Å²) in [5.41, 5.74) is 0.166. The topological polar surface area (TPSA) is 15.3 Å². The average molecular weight is 289 g/mol. The molecular formula is C14H19ClF2N2. The fourth-order valence-electron chi connectivity index (χ4n) is 2.43. The molecule has 0 spiro atoms. The molecule has 1 aliphatic rings. The highest BCUT2D eigenvalue weighted by Gasteiger charge is 2.26. The lowest BCUT2D eigenvalue weighted by Gasteiger charge is -2.35. The highest BCUT2D eigenvalue weighted by Crippen LogP contribution is 2.29. The maximum atomic E-state index is 13.9. The molecule has 0 radical (unpaired) electrons. The predicted octanol–water partition coefficient (Wildman–Crippen LogP) is 2.91. The SMILES string of the molecule is C=CC[C@@H](c1c(F)cccc1F)N1CCNCC1.Cl. The molecule has 0 saturated carbocycles. The van der Waals surface area contributed by atoms with Gasteiger partial charge in [0.05, 0.1) is 0 Å². The smallest absolute Gasteiger partial charge is 0.130 e. The Morgan fingerprint density at radius 2 is 1.84 bits per heavy atom. The van der Waals surface area contributed by atoms with E-state index in [1.807, 2.05) is 0 Å². The predicted molar refractivity (Wildman–Crippen MR) is 75.6 cm³/mol. The van der Waals surface area contributed by atoms with Gasteiger partial charge in [-0.25, -0.2) is 8.78 Å². The lowest BCUT2D eigenvalue weighted by Crippen LogP contribution is -2.45. The molecule has 0 aromatic heterocycles. The first-order valence-electron chi connectivity index (χ1n) is 6.23. The Balaban J connectivity index is 0.00000180. The summed E-state index contributed by atoms with van der Waals surface area (Å²) in [7, 11) is 0. The van der Waals surface area contributed by atoms with Crippen LogP contribution in [-0.4, -0.2) is 31.1 Å². The molecule has 1 N–H and O–H groups in total. The van der Waals surface area contributed by atoms with Crippen LogP contribution in [0, 0.1) is 11.6 Å². The van der Waals surface area contributed by atoms with Gasteiger partial charge in [0.15, 0.2) is 0 Å². The molecule has 19 heavy (non-hydrogen) atoms. The fraction of sp³-hybridized carbons (Fsp3) is 0.429. The zero-order chi connectivity index (χ0) is 13.0. The molecule has 2 nitrogen and oxygen atoms in total. The molecule has 1 atom stereocenters. The molecule has 0 amide bonds. The average Bonchev–Trinajstić information content (AvgIpc) is 2.38. The quantitative estimate of drug-likeness (QED) is 0.857. The molecule has 5 heteroatoms. The van der Waals surface area contributed by atoms with Crippen LogP contribution in [0.1, 0.15) is 18.0 Å². The van der Waals surface area contributed by atoms with Crippen LogP contribution in [0.25, 0.3) is 0 Å². The van der Waals surface area contributed by atoms with Gasteiger partial charge in [0.2, 0.25) is 0 Å². The summed E-state index contributed by atoms with van der Waals surface area (Å²) in [4.78, 5) is 2.11. The third kappa shape index (κ3) is 3.75. The number of benzene rings is 1. The Kier molecular flexibility index (Phi) is 6.42. The van der Waals surface area contributed by atoms with Gasteiger partial charge in [-0.05, 0) is 18.6 Å². The summed E-state index contributed by atoms with van der Waals surface area (Å²) in [6.45, 7) is 6.99. The standard InChI is InChI=1S/C14H18F2N2.ClH/c1-2-4-13(18-9-7-17-8-10-18)14-11(15)5-3-6-12(14)16;/h2-3,5-6,13,17H,1,4,7-10H2;1H/t13-;/m0./s1. The molecule has 1 aromatic rings. The zero-order valence-corrected chi connectivity index (χ0v) is 11.6. The second-order valence-electron chi connectivity index (χ2n) is 4.46. The van der Waals surface area contributed by atoms with Crippen molar-refractivity contribution in [3.63, 3.8) is 0 Å². The minimum Gasteiger partial charge on any atom is -0.314 e. The lowest BCUT2D eigenvalue weighted by molar-refractivity contribution is 0.168. The van der Waals surface area contributed by atoms with Gasteiger partial charge < -0.3 is 5.32 Å². The van der Waals surface area contributed by atoms with E-state index in [-0.39, 0.29) is 24.0 Å². The van der Waals surface area contributed by atoms with Crippen LogP contribution in [0.2, 0.25) is 0 Å². The number of hydrogen-bond donors (Lipinski definition) is 1. The molecule has 1 fully saturated rings. The Morgan fingerprint density at radius 1 is 1.26 bits per heavy atom. The number of nitrogens with zero attached hydrogens (tertiary/aromatic N) is 1. The molecule has 0 aliphatic carbocycles. The van der Waals surface area contributed by atoms with Crippen molar-refractivity contribution < 1.29 is 8.78 Å². The van der Waals surface area contributed by atoms with Crippen LogP contribution in [0.15, 0.2) is 30.9 Å². The Hall–Kier alpha value is -0.970. The third-order valence-electron chi connectivity index (χ3n) is 3.32. The van der Waals surface area contributed by atoms with Crippen molar-refractivity contribution in [1.29, 1.82) is 0 Å². The summed E-state index contributed by atoms with van der Waals surface area (Å²) >= 11 is 0. The van der Waals surface area contributed by atoms with E-state index in [0.29, 0.717) is 6.42 Å². The third-order valence-corrected chi connectivity index (χ3v) is 3.32. The first-order chi connectivity index (χ1) is 8.74. The molecule has 0 bridgehead atoms. The van der Waals surface area contributed by atoms with Crippen molar-refractivity contribution in [3.05, 3.63) is 48.1 Å². The molecule has 2 rings (SSSR count). The fourth-order valence-corrected chi connectivity index (χ4v) is 2.43. The number of hydrogen-bond acceptors (Lipinski definition) is 2. The monoisotopic (exact) mass is 288 g/mol. The minimum absolute atomic E-state index is 0. The van der Waals surface area contributed by atoms with Crippen molar-refractivity contribution in [2.24, 2.45) is 0 Å². The van der Waals surface area contributed by atoms with Gasteiger partial charge in [0.1, 0.15) is 11.6 Å². The van der Waals surface area contributed by atoms with Crippen molar-refractivity contribution in [1.82, 2.24) is 10.2 Å². The first-order valence-corrected chi connectivity index (χ1v) is 6.23. The van der Waals surface area contributed by atoms with Gasteiger partial charge in [-0.2, -0.15) is 0 Å². The summed E-state index contributed by atoms with van der Waals surface area (Å²) < 4.78 is 27.7. The second-order valence-corrected chi connectivity index (χ2v) is 4.46. The highest BCUT2D eigenvalue weighted by atomic mass is 35.5. The lowest BCUT2D eigenvalue weighted by atomic mass is 10.00. The number of halogens is 3. The van der Waals surface area contributed by atoms with E-state index >= 15 is 0 Å². The van der Waals surface area contributed by atoms with Crippen LogP contribution in [0.5, 0.6) is 0 Å². The summed E-state index contributed by atoms with van der Waals surface area (Å²) in [5.74, 6) is -0.944. The van der Waals surface area contributed by atoms with Crippen LogP contribution in [0.3, 0.4) is 0 Å². The van der Waals surface area contributed by atoms with Crippen molar-refractivity contribution in [3.8, 4) is 0 Å². The first kappa shape index (κ1) is 16.1. The summed E-state index contributed by atoms with van der Waals surface area (Å²) in [6.07, 6.45) is 2.27. The molecule has 1 aliphatic heterocycles. The minimum atomic E-state index is -0.472. The number of piperazine rings is 1. The Labute approximate surface area is 118 Å². The highest BCUT2D eigenvalue weighted by molar-refractivity contribution is 5.85. The second kappa shape index (κ2) is 7.58. The van der Waals surface area contributed by atoms with Gasteiger partial charge in [-0.3, -0.25) is 4.90 Å². The maximum absolute atomic E-state index is 13.9. The van der Waals surface area contributed by atoms with E-state index in [4.69, 9.17) is 0 Å². The van der Waals surface area contributed by atoms with E-state index in [1.54, 1.807) is 6.08 Å². The van der Waals surface area contributed by atoms with Gasteiger partial charge in [0.25, 0.3) is 0 Å². The van der Waals surface area contributed by atoms with E-state index in [1.165, 1.54) is 18.2 Å². The van der Waals surface area contributed by atoms with E-state index in [0.717, 1.165) is 26.2 Å². The summed E-state index contributed by atoms with van der Waals surface area (Å²) in [5, 5.41) is 3.24. The maximum Gasteiger partial charge on any atom is 0.130 e. The van der Waals surface area contributed by atoms with Gasteiger partial charge >= 0.3 is 0 Å². The Morgan fingerprint density at radius 3 is 2.37 bits per heavy atom. The number of rotatable bonds is 4. The van der Waals surface area contributed by atoms with Crippen LogP contribution in [-0.2, 0) is 0 Å². The van der Waals surface area contributed by atoms with Gasteiger partial charge in [-0.1, -0.05) is 12.1 Å². The van der Waals surface area contributed by atoms with Crippen molar-refractivity contribution in [2.75, 3.05) is 26.2 Å². The molecule has 1 heterocycles. The van der Waals surface area contributed by atoms with E-state index in [2.05, 4.69) is 16.8 Å².